The van der Waals surface area contributed by atoms with E-state index in [0.717, 1.165) is 38.5 Å². The van der Waals surface area contributed by atoms with E-state index < -0.39 is 0 Å². The molecule has 5 aliphatic rings. The van der Waals surface area contributed by atoms with E-state index in [-0.39, 0.29) is 33.8 Å². The molecular weight excluding hydrogens is 436 g/mol. The number of hydrogen-bond donors (Lipinski definition) is 1. The number of unbranched alkanes of at least 4 members (excludes halogenated alkanes) is 1. The van der Waals surface area contributed by atoms with Crippen LogP contribution < -0.4 is 5.32 Å². The van der Waals surface area contributed by atoms with Crippen LogP contribution in [0.15, 0.2) is 30.3 Å². The Morgan fingerprint density at radius 3 is 2.51 bits per heavy atom. The highest BCUT2D eigenvalue weighted by Gasteiger charge is 2.65. The van der Waals surface area contributed by atoms with Crippen LogP contribution in [0.5, 0.6) is 0 Å². The predicted molar refractivity (Wildman–Crippen MR) is 138 cm³/mol. The molecule has 192 valence electrons. The monoisotopic (exact) mass is 480 g/mol. The standard InChI is InChI=1S/C30H44N2O3/c1-5-6-14-35-26(34)31-24-12-13-32(21-27(24,2)3)25(33)30-17-22-15-28(4,19-30)18-29(16-22,20-30)23-10-8-7-9-11-23/h7-11,22,24H,5-6,12-21H2,1-4H3,(H,31,34)/t22-,24-,28+,29+,30-/m0/s1. The zero-order valence-corrected chi connectivity index (χ0v) is 22.2. The van der Waals surface area contributed by atoms with Gasteiger partial charge in [-0.2, -0.15) is 0 Å². The third-order valence-corrected chi connectivity index (χ3v) is 9.73. The summed E-state index contributed by atoms with van der Waals surface area (Å²) >= 11 is 0. The van der Waals surface area contributed by atoms with Crippen molar-refractivity contribution in [1.82, 2.24) is 10.2 Å². The van der Waals surface area contributed by atoms with Gasteiger partial charge < -0.3 is 15.0 Å². The number of ether oxygens (including phenoxy) is 1. The molecule has 1 heterocycles. The van der Waals surface area contributed by atoms with Gasteiger partial charge in [0, 0.05) is 24.5 Å². The lowest BCUT2D eigenvalue weighted by Crippen LogP contribution is -2.65. The second-order valence-electron chi connectivity index (χ2n) is 13.4. The average molecular weight is 481 g/mol. The average Bonchev–Trinajstić information content (AvgIpc) is 2.79. The van der Waals surface area contributed by atoms with Crippen LogP contribution >= 0.6 is 0 Å². The molecule has 4 bridgehead atoms. The first-order chi connectivity index (χ1) is 16.6. The second kappa shape index (κ2) is 8.81. The van der Waals surface area contributed by atoms with Crippen molar-refractivity contribution in [3.8, 4) is 0 Å². The molecule has 35 heavy (non-hydrogen) atoms. The highest BCUT2D eigenvalue weighted by molar-refractivity contribution is 5.84. The molecule has 5 fully saturated rings. The van der Waals surface area contributed by atoms with Crippen molar-refractivity contribution in [1.29, 1.82) is 0 Å². The Labute approximate surface area is 211 Å². The molecule has 4 saturated carbocycles. The van der Waals surface area contributed by atoms with Crippen molar-refractivity contribution in [2.24, 2.45) is 22.2 Å². The van der Waals surface area contributed by atoms with E-state index in [0.29, 0.717) is 31.5 Å². The minimum absolute atomic E-state index is 0.0187. The molecule has 1 N–H and O–H groups in total. The number of nitrogens with zero attached hydrogens (tertiary/aromatic N) is 1. The van der Waals surface area contributed by atoms with E-state index in [1.54, 1.807) is 0 Å². The first-order valence-electron chi connectivity index (χ1n) is 13.9. The van der Waals surface area contributed by atoms with Gasteiger partial charge >= 0.3 is 6.09 Å². The highest BCUT2D eigenvalue weighted by Crippen LogP contribution is 2.70. The number of amides is 2. The largest absolute Gasteiger partial charge is 0.450 e. The van der Waals surface area contributed by atoms with Gasteiger partial charge in [0.25, 0.3) is 0 Å². The zero-order valence-electron chi connectivity index (χ0n) is 22.2. The van der Waals surface area contributed by atoms with Crippen LogP contribution in [0, 0.1) is 22.2 Å². The summed E-state index contributed by atoms with van der Waals surface area (Å²) in [5.74, 6) is 1.02. The number of carbonyl (C=O) groups is 2. The molecular formula is C30H44N2O3. The zero-order chi connectivity index (χ0) is 24.9. The molecule has 2 amide bonds. The number of likely N-dealkylation sites (tertiary alicyclic amines) is 1. The van der Waals surface area contributed by atoms with Crippen molar-refractivity contribution in [3.63, 3.8) is 0 Å². The van der Waals surface area contributed by atoms with Gasteiger partial charge in [-0.05, 0) is 73.7 Å². The topological polar surface area (TPSA) is 58.6 Å². The molecule has 1 aliphatic heterocycles. The van der Waals surface area contributed by atoms with Gasteiger partial charge in [-0.3, -0.25) is 4.79 Å². The molecule has 4 aliphatic carbocycles. The van der Waals surface area contributed by atoms with Gasteiger partial charge in [-0.25, -0.2) is 4.79 Å². The first-order valence-corrected chi connectivity index (χ1v) is 13.9. The summed E-state index contributed by atoms with van der Waals surface area (Å²) in [6.07, 6.45) is 9.16. The van der Waals surface area contributed by atoms with E-state index in [9.17, 15) is 9.59 Å². The highest BCUT2D eigenvalue weighted by atomic mass is 16.5. The fourth-order valence-corrected chi connectivity index (χ4v) is 8.90. The molecule has 1 aromatic carbocycles. The number of nitrogens with one attached hydrogen (secondary N) is 1. The second-order valence-corrected chi connectivity index (χ2v) is 13.4. The van der Waals surface area contributed by atoms with E-state index in [4.69, 9.17) is 4.74 Å². The Balaban J connectivity index is 1.32. The Morgan fingerprint density at radius 1 is 1.06 bits per heavy atom. The van der Waals surface area contributed by atoms with Gasteiger partial charge in [0.05, 0.1) is 12.0 Å². The van der Waals surface area contributed by atoms with Crippen molar-refractivity contribution in [2.45, 2.75) is 96.9 Å². The van der Waals surface area contributed by atoms with Gasteiger partial charge in [0.2, 0.25) is 5.91 Å². The van der Waals surface area contributed by atoms with Crippen LogP contribution in [0.25, 0.3) is 0 Å². The lowest BCUT2D eigenvalue weighted by Gasteiger charge is -2.66. The molecule has 5 atom stereocenters. The number of benzene rings is 1. The maximum absolute atomic E-state index is 14.4. The Kier molecular flexibility index (Phi) is 6.21. The summed E-state index contributed by atoms with van der Waals surface area (Å²) in [6.45, 7) is 10.7. The minimum atomic E-state index is -0.324. The normalized spacial score (nSPS) is 37.2. The summed E-state index contributed by atoms with van der Waals surface area (Å²) in [5.41, 5.74) is 1.41. The first kappa shape index (κ1) is 24.6. The SMILES string of the molecule is CCCCOC(=O)N[C@H]1CCN(C(=O)[C@@]23C[C@H]4C[C@@](C)(C2)C[C@](c2ccccc2)(C4)C3)CC1(C)C. The summed E-state index contributed by atoms with van der Waals surface area (Å²) in [7, 11) is 0. The van der Waals surface area contributed by atoms with E-state index in [1.807, 2.05) is 0 Å². The fraction of sp³-hybridized carbons (Fsp3) is 0.733. The van der Waals surface area contributed by atoms with Crippen LogP contribution in [0.4, 0.5) is 4.79 Å². The predicted octanol–water partition coefficient (Wildman–Crippen LogP) is 6.07. The summed E-state index contributed by atoms with van der Waals surface area (Å²) in [4.78, 5) is 28.8. The van der Waals surface area contributed by atoms with Crippen molar-refractivity contribution >= 4 is 12.0 Å². The van der Waals surface area contributed by atoms with E-state index >= 15 is 0 Å². The Bertz CT molecular complexity index is 962. The third kappa shape index (κ3) is 4.49. The van der Waals surface area contributed by atoms with Crippen molar-refractivity contribution in [2.75, 3.05) is 19.7 Å². The van der Waals surface area contributed by atoms with Crippen LogP contribution in [-0.4, -0.2) is 42.6 Å². The Morgan fingerprint density at radius 2 is 1.83 bits per heavy atom. The lowest BCUT2D eigenvalue weighted by atomic mass is 9.38. The number of carbonyl (C=O) groups excluding carboxylic acids is 2. The number of hydrogen-bond acceptors (Lipinski definition) is 3. The molecule has 1 saturated heterocycles. The van der Waals surface area contributed by atoms with Gasteiger partial charge in [-0.1, -0.05) is 64.4 Å². The number of piperidine rings is 1. The molecule has 1 aromatic rings. The molecule has 0 radical (unpaired) electrons. The van der Waals surface area contributed by atoms with Gasteiger partial charge in [0.15, 0.2) is 0 Å². The molecule has 0 unspecified atom stereocenters. The quantitative estimate of drug-likeness (QED) is 0.503. The van der Waals surface area contributed by atoms with Crippen LogP contribution in [0.2, 0.25) is 0 Å². The summed E-state index contributed by atoms with van der Waals surface area (Å²) in [5, 5.41) is 3.10. The summed E-state index contributed by atoms with van der Waals surface area (Å²) < 4.78 is 5.35. The smallest absolute Gasteiger partial charge is 0.407 e. The summed E-state index contributed by atoms with van der Waals surface area (Å²) in [6, 6.07) is 11.1. The van der Waals surface area contributed by atoms with Crippen LogP contribution in [0.3, 0.4) is 0 Å². The molecule has 0 aromatic heterocycles. The lowest BCUT2D eigenvalue weighted by molar-refractivity contribution is -0.173. The molecule has 6 rings (SSSR count). The fourth-order valence-electron chi connectivity index (χ4n) is 8.90. The van der Waals surface area contributed by atoms with E-state index in [1.165, 1.54) is 24.8 Å². The maximum atomic E-state index is 14.4. The van der Waals surface area contributed by atoms with Crippen LogP contribution in [0.1, 0.15) is 91.0 Å². The molecule has 5 heteroatoms. The number of rotatable bonds is 6. The maximum Gasteiger partial charge on any atom is 0.407 e. The van der Waals surface area contributed by atoms with Gasteiger partial charge in [0.1, 0.15) is 0 Å². The van der Waals surface area contributed by atoms with Crippen molar-refractivity contribution < 1.29 is 14.3 Å². The third-order valence-electron chi connectivity index (χ3n) is 9.73. The van der Waals surface area contributed by atoms with Gasteiger partial charge in [-0.15, -0.1) is 0 Å². The molecule has 5 nitrogen and oxygen atoms in total. The Hall–Kier alpha value is -2.04. The molecule has 0 spiro atoms. The van der Waals surface area contributed by atoms with Crippen LogP contribution in [-0.2, 0) is 14.9 Å². The van der Waals surface area contributed by atoms with Crippen molar-refractivity contribution in [3.05, 3.63) is 35.9 Å². The van der Waals surface area contributed by atoms with E-state index in [2.05, 4.69) is 68.2 Å². The number of alkyl carbamates (subject to hydrolysis) is 1. The minimum Gasteiger partial charge on any atom is -0.450 e.